The highest BCUT2D eigenvalue weighted by Crippen LogP contribution is 2.41. The van der Waals surface area contributed by atoms with Gasteiger partial charge >= 0.3 is 0 Å². The van der Waals surface area contributed by atoms with Gasteiger partial charge in [-0.2, -0.15) is 5.26 Å². The molecule has 0 saturated carbocycles. The molecule has 6 heteroatoms. The molecule has 0 unspecified atom stereocenters. The summed E-state index contributed by atoms with van der Waals surface area (Å²) in [6.45, 7) is 7.31. The second-order valence-corrected chi connectivity index (χ2v) is 11.3. The molecule has 6 nitrogen and oxygen atoms in total. The summed E-state index contributed by atoms with van der Waals surface area (Å²) >= 11 is 0. The number of hydrogen-bond donors (Lipinski definition) is 0. The van der Waals surface area contributed by atoms with Crippen LogP contribution >= 0.6 is 0 Å². The monoisotopic (exact) mass is 612 g/mol. The minimum atomic E-state index is 0.541. The number of nitriles is 1. The second-order valence-electron chi connectivity index (χ2n) is 11.3. The molecule has 8 aromatic rings. The van der Waals surface area contributed by atoms with E-state index in [2.05, 4.69) is 106 Å². The van der Waals surface area contributed by atoms with Gasteiger partial charge in [-0.1, -0.05) is 84.9 Å². The Morgan fingerprint density at radius 1 is 0.479 bits per heavy atom. The summed E-state index contributed by atoms with van der Waals surface area (Å²) in [5.41, 5.74) is 10.4. The van der Waals surface area contributed by atoms with E-state index in [1.54, 1.807) is 36.7 Å². The number of benzene rings is 4. The van der Waals surface area contributed by atoms with E-state index in [-0.39, 0.29) is 0 Å². The Kier molecular flexibility index (Phi) is 7.15. The predicted octanol–water partition coefficient (Wildman–Crippen LogP) is 10.3. The molecule has 4 aromatic heterocycles. The SMILES string of the molecule is [C-]#[N+]c1ccnc(-c2ccc(-c3ccc(-c4ccc(-c5ccc(-c6cc(C#N)ccn6)nc5)c5ccccc45)c4ccccc34)cn2)c1. The van der Waals surface area contributed by atoms with Crippen LogP contribution in [-0.4, -0.2) is 19.9 Å². The Morgan fingerprint density at radius 2 is 0.958 bits per heavy atom. The molecule has 0 spiro atoms. The Labute approximate surface area is 277 Å². The fourth-order valence-corrected chi connectivity index (χ4v) is 6.25. The lowest BCUT2D eigenvalue weighted by atomic mass is 9.88. The van der Waals surface area contributed by atoms with Crippen molar-refractivity contribution in [3.63, 3.8) is 0 Å². The van der Waals surface area contributed by atoms with Crippen molar-refractivity contribution in [3.05, 3.63) is 163 Å². The van der Waals surface area contributed by atoms with Crippen LogP contribution in [0.1, 0.15) is 5.56 Å². The third-order valence-corrected chi connectivity index (χ3v) is 8.57. The summed E-state index contributed by atoms with van der Waals surface area (Å²) in [5, 5.41) is 13.9. The maximum Gasteiger partial charge on any atom is 0.190 e. The fraction of sp³-hybridized carbons (Fsp3) is 0. The Balaban J connectivity index is 1.18. The van der Waals surface area contributed by atoms with Crippen LogP contribution in [0.2, 0.25) is 0 Å². The molecule has 0 atom stereocenters. The van der Waals surface area contributed by atoms with Crippen molar-refractivity contribution in [3.8, 4) is 62.2 Å². The third-order valence-electron chi connectivity index (χ3n) is 8.57. The molecular formula is C42H24N6. The van der Waals surface area contributed by atoms with Gasteiger partial charge in [0.2, 0.25) is 0 Å². The average molecular weight is 613 g/mol. The zero-order chi connectivity index (χ0) is 32.5. The number of nitrogens with zero attached hydrogens (tertiary/aromatic N) is 6. The predicted molar refractivity (Wildman–Crippen MR) is 191 cm³/mol. The van der Waals surface area contributed by atoms with Crippen molar-refractivity contribution in [1.29, 1.82) is 5.26 Å². The first kappa shape index (κ1) is 28.5. The first-order chi connectivity index (χ1) is 23.7. The van der Waals surface area contributed by atoms with E-state index in [4.69, 9.17) is 16.5 Å². The first-order valence-electron chi connectivity index (χ1n) is 15.4. The smallest absolute Gasteiger partial charge is 0.190 e. The summed E-state index contributed by atoms with van der Waals surface area (Å²) in [5.74, 6) is 0. The van der Waals surface area contributed by atoms with Crippen molar-refractivity contribution in [2.24, 2.45) is 0 Å². The summed E-state index contributed by atoms with van der Waals surface area (Å²) in [6, 6.07) is 42.8. The number of fused-ring (bicyclic) bond motifs is 2. The van der Waals surface area contributed by atoms with Gasteiger partial charge < -0.3 is 0 Å². The van der Waals surface area contributed by atoms with E-state index in [9.17, 15) is 5.26 Å². The van der Waals surface area contributed by atoms with Gasteiger partial charge in [0.25, 0.3) is 0 Å². The lowest BCUT2D eigenvalue weighted by Gasteiger charge is -2.16. The molecule has 4 aromatic carbocycles. The topological polar surface area (TPSA) is 79.7 Å². The highest BCUT2D eigenvalue weighted by molar-refractivity contribution is 6.12. The highest BCUT2D eigenvalue weighted by atomic mass is 14.8. The van der Waals surface area contributed by atoms with Crippen LogP contribution < -0.4 is 0 Å². The largest absolute Gasteiger partial charge is 0.257 e. The molecule has 0 N–H and O–H groups in total. The first-order valence-corrected chi connectivity index (χ1v) is 15.4. The van der Waals surface area contributed by atoms with E-state index in [0.717, 1.165) is 66.3 Å². The standard InChI is InChI=1S/C42H24N6/c1-44-30-19-21-46-42(23-30)40-17-11-29(26-48-40)32-13-15-38(36-9-5-3-7-34(32)36)37-14-12-31(33-6-2-4-8-35(33)37)28-10-16-39(47-25-28)41-22-27(24-43)18-20-45-41/h2-23,25-26H. The van der Waals surface area contributed by atoms with E-state index in [1.165, 1.54) is 0 Å². The Bertz CT molecular complexity index is 2390. The summed E-state index contributed by atoms with van der Waals surface area (Å²) in [4.78, 5) is 21.7. The molecule has 0 fully saturated rings. The van der Waals surface area contributed by atoms with Gasteiger partial charge in [0, 0.05) is 35.9 Å². The van der Waals surface area contributed by atoms with Crippen LogP contribution in [0.25, 0.3) is 82.5 Å². The number of hydrogen-bond acceptors (Lipinski definition) is 5. The quantitative estimate of drug-likeness (QED) is 0.181. The minimum Gasteiger partial charge on any atom is -0.257 e. The molecule has 0 amide bonds. The van der Waals surface area contributed by atoms with E-state index < -0.39 is 0 Å². The van der Waals surface area contributed by atoms with Gasteiger partial charge in [-0.3, -0.25) is 19.9 Å². The normalized spacial score (nSPS) is 10.9. The Morgan fingerprint density at radius 3 is 1.44 bits per heavy atom. The maximum absolute atomic E-state index is 9.28. The minimum absolute atomic E-state index is 0.541. The average Bonchev–Trinajstić information content (AvgIpc) is 3.17. The molecular weight excluding hydrogens is 589 g/mol. The van der Waals surface area contributed by atoms with Gasteiger partial charge in [-0.15, -0.1) is 0 Å². The molecule has 0 bridgehead atoms. The maximum atomic E-state index is 9.28. The molecule has 0 aliphatic carbocycles. The zero-order valence-electron chi connectivity index (χ0n) is 25.5. The van der Waals surface area contributed by atoms with Crippen molar-refractivity contribution >= 4 is 27.2 Å². The highest BCUT2D eigenvalue weighted by Gasteiger charge is 2.15. The van der Waals surface area contributed by atoms with Crippen LogP contribution in [-0.2, 0) is 0 Å². The molecule has 4 heterocycles. The molecule has 0 aliphatic heterocycles. The lowest BCUT2D eigenvalue weighted by molar-refractivity contribution is 1.24. The van der Waals surface area contributed by atoms with E-state index in [1.807, 2.05) is 24.5 Å². The number of rotatable bonds is 5. The summed E-state index contributed by atoms with van der Waals surface area (Å²) in [6.07, 6.45) is 7.03. The lowest BCUT2D eigenvalue weighted by Crippen LogP contribution is -1.92. The molecule has 0 aliphatic rings. The van der Waals surface area contributed by atoms with Gasteiger partial charge in [-0.25, -0.2) is 4.85 Å². The molecule has 0 radical (unpaired) electrons. The summed E-state index contributed by atoms with van der Waals surface area (Å²) < 4.78 is 0. The van der Waals surface area contributed by atoms with Crippen molar-refractivity contribution in [2.75, 3.05) is 0 Å². The van der Waals surface area contributed by atoms with Gasteiger partial charge in [0.15, 0.2) is 5.69 Å². The Hall–Kier alpha value is -7.02. The van der Waals surface area contributed by atoms with Crippen LogP contribution in [0, 0.1) is 17.9 Å². The molecule has 8 rings (SSSR count). The van der Waals surface area contributed by atoms with Crippen molar-refractivity contribution in [1.82, 2.24) is 19.9 Å². The zero-order valence-corrected chi connectivity index (χ0v) is 25.5. The van der Waals surface area contributed by atoms with Crippen LogP contribution in [0.15, 0.2) is 146 Å². The fourth-order valence-electron chi connectivity index (χ4n) is 6.25. The molecule has 222 valence electrons. The van der Waals surface area contributed by atoms with E-state index in [0.29, 0.717) is 22.6 Å². The van der Waals surface area contributed by atoms with E-state index >= 15 is 0 Å². The second kappa shape index (κ2) is 12.1. The van der Waals surface area contributed by atoms with Gasteiger partial charge in [0.05, 0.1) is 41.0 Å². The van der Waals surface area contributed by atoms with Crippen molar-refractivity contribution < 1.29 is 0 Å². The van der Waals surface area contributed by atoms with Crippen LogP contribution in [0.4, 0.5) is 5.69 Å². The summed E-state index contributed by atoms with van der Waals surface area (Å²) in [7, 11) is 0. The van der Waals surface area contributed by atoms with Gasteiger partial charge in [-0.05, 0) is 80.2 Å². The third kappa shape index (κ3) is 5.10. The molecule has 0 saturated heterocycles. The number of aromatic nitrogens is 4. The van der Waals surface area contributed by atoms with Crippen LogP contribution in [0.3, 0.4) is 0 Å². The van der Waals surface area contributed by atoms with Crippen LogP contribution in [0.5, 0.6) is 0 Å². The van der Waals surface area contributed by atoms with Crippen molar-refractivity contribution in [2.45, 2.75) is 0 Å². The molecule has 48 heavy (non-hydrogen) atoms. The number of pyridine rings is 4. The van der Waals surface area contributed by atoms with Gasteiger partial charge in [0.1, 0.15) is 0 Å².